The maximum absolute atomic E-state index is 5.26. The summed E-state index contributed by atoms with van der Waals surface area (Å²) in [6.45, 7) is 8.37. The molecule has 96 valence electrons. The Bertz CT molecular complexity index is 536. The topological polar surface area (TPSA) is 38.9 Å². The van der Waals surface area contributed by atoms with Crippen LogP contribution in [0.2, 0.25) is 0 Å². The van der Waals surface area contributed by atoms with Crippen LogP contribution in [-0.4, -0.2) is 10.1 Å². The number of rotatable bonds is 4. The molecule has 0 spiro atoms. The molecule has 1 aromatic carbocycles. The number of benzene rings is 1. The SMILES string of the molecule is CCc1noc(C(C)Sc2ccc(C)c(C)c2)n1. The molecule has 0 saturated carbocycles. The third-order valence-electron chi connectivity index (χ3n) is 2.94. The van der Waals surface area contributed by atoms with E-state index in [1.165, 1.54) is 16.0 Å². The number of aromatic nitrogens is 2. The summed E-state index contributed by atoms with van der Waals surface area (Å²) in [5.41, 5.74) is 2.63. The number of hydrogen-bond donors (Lipinski definition) is 0. The van der Waals surface area contributed by atoms with Crippen molar-refractivity contribution in [2.45, 2.75) is 44.3 Å². The average molecular weight is 262 g/mol. The van der Waals surface area contributed by atoms with Crippen LogP contribution >= 0.6 is 11.8 Å². The number of nitrogens with zero attached hydrogens (tertiary/aromatic N) is 2. The molecule has 0 aliphatic heterocycles. The predicted molar refractivity (Wildman–Crippen MR) is 73.9 cm³/mol. The van der Waals surface area contributed by atoms with Gasteiger partial charge in [0.15, 0.2) is 5.82 Å². The molecule has 0 bridgehead atoms. The Balaban J connectivity index is 2.10. The first kappa shape index (κ1) is 13.1. The summed E-state index contributed by atoms with van der Waals surface area (Å²) in [7, 11) is 0. The van der Waals surface area contributed by atoms with E-state index in [0.29, 0.717) is 5.89 Å². The average Bonchev–Trinajstić information content (AvgIpc) is 2.82. The Hall–Kier alpha value is -1.29. The van der Waals surface area contributed by atoms with E-state index in [1.54, 1.807) is 11.8 Å². The Morgan fingerprint density at radius 2 is 2.06 bits per heavy atom. The van der Waals surface area contributed by atoms with Crippen molar-refractivity contribution in [3.8, 4) is 0 Å². The summed E-state index contributed by atoms with van der Waals surface area (Å²) in [6.07, 6.45) is 0.810. The second-order valence-corrected chi connectivity index (χ2v) is 5.82. The monoisotopic (exact) mass is 262 g/mol. The zero-order chi connectivity index (χ0) is 13.1. The van der Waals surface area contributed by atoms with Crippen LogP contribution in [0, 0.1) is 13.8 Å². The zero-order valence-electron chi connectivity index (χ0n) is 11.2. The van der Waals surface area contributed by atoms with E-state index < -0.39 is 0 Å². The first-order valence-electron chi connectivity index (χ1n) is 6.16. The molecule has 2 rings (SSSR count). The number of thioether (sulfide) groups is 1. The summed E-state index contributed by atoms with van der Waals surface area (Å²) in [4.78, 5) is 5.60. The highest BCUT2D eigenvalue weighted by molar-refractivity contribution is 7.99. The molecule has 1 unspecified atom stereocenters. The highest BCUT2D eigenvalue weighted by Gasteiger charge is 2.15. The lowest BCUT2D eigenvalue weighted by Crippen LogP contribution is -1.90. The molecule has 1 aromatic heterocycles. The van der Waals surface area contributed by atoms with Crippen LogP contribution in [-0.2, 0) is 6.42 Å². The standard InChI is InChI=1S/C14H18N2OS/c1-5-13-15-14(17-16-13)11(4)18-12-7-6-9(2)10(3)8-12/h6-8,11H,5H2,1-4H3. The van der Waals surface area contributed by atoms with Gasteiger partial charge in [0.25, 0.3) is 0 Å². The van der Waals surface area contributed by atoms with Crippen molar-refractivity contribution in [2.24, 2.45) is 0 Å². The van der Waals surface area contributed by atoms with E-state index in [2.05, 4.69) is 49.1 Å². The highest BCUT2D eigenvalue weighted by Crippen LogP contribution is 2.34. The second-order valence-electron chi connectivity index (χ2n) is 4.41. The van der Waals surface area contributed by atoms with Gasteiger partial charge in [-0.25, -0.2) is 0 Å². The maximum atomic E-state index is 5.26. The van der Waals surface area contributed by atoms with Crippen LogP contribution in [0.4, 0.5) is 0 Å². The molecule has 18 heavy (non-hydrogen) atoms. The van der Waals surface area contributed by atoms with Gasteiger partial charge >= 0.3 is 0 Å². The van der Waals surface area contributed by atoms with Gasteiger partial charge in [0.05, 0.1) is 5.25 Å². The smallest absolute Gasteiger partial charge is 0.239 e. The van der Waals surface area contributed by atoms with E-state index >= 15 is 0 Å². The predicted octanol–water partition coefficient (Wildman–Crippen LogP) is 4.10. The summed E-state index contributed by atoms with van der Waals surface area (Å²) < 4.78 is 5.26. The normalized spacial score (nSPS) is 12.7. The third kappa shape index (κ3) is 2.93. The van der Waals surface area contributed by atoms with Crippen LogP contribution < -0.4 is 0 Å². The molecular weight excluding hydrogens is 244 g/mol. The lowest BCUT2D eigenvalue weighted by molar-refractivity contribution is 0.375. The minimum Gasteiger partial charge on any atom is -0.338 e. The van der Waals surface area contributed by atoms with Crippen molar-refractivity contribution in [3.05, 3.63) is 41.0 Å². The van der Waals surface area contributed by atoms with Crippen molar-refractivity contribution < 1.29 is 4.52 Å². The van der Waals surface area contributed by atoms with E-state index in [0.717, 1.165) is 12.2 Å². The molecule has 3 nitrogen and oxygen atoms in total. The Morgan fingerprint density at radius 3 is 2.67 bits per heavy atom. The van der Waals surface area contributed by atoms with Crippen molar-refractivity contribution in [2.75, 3.05) is 0 Å². The molecule has 0 amide bonds. The fourth-order valence-corrected chi connectivity index (χ4v) is 2.61. The van der Waals surface area contributed by atoms with Crippen LogP contribution in [0.25, 0.3) is 0 Å². The van der Waals surface area contributed by atoms with E-state index in [4.69, 9.17) is 4.52 Å². The fourth-order valence-electron chi connectivity index (χ4n) is 1.62. The van der Waals surface area contributed by atoms with Crippen LogP contribution in [0.3, 0.4) is 0 Å². The molecule has 0 aliphatic carbocycles. The van der Waals surface area contributed by atoms with Gasteiger partial charge in [0.2, 0.25) is 5.89 Å². The van der Waals surface area contributed by atoms with Gasteiger partial charge in [-0.2, -0.15) is 4.98 Å². The Kier molecular flexibility index (Phi) is 4.07. The molecule has 4 heteroatoms. The van der Waals surface area contributed by atoms with Gasteiger partial charge in [-0.1, -0.05) is 18.1 Å². The van der Waals surface area contributed by atoms with Gasteiger partial charge < -0.3 is 4.52 Å². The number of aryl methyl sites for hydroxylation is 3. The molecule has 0 N–H and O–H groups in total. The quantitative estimate of drug-likeness (QED) is 0.777. The van der Waals surface area contributed by atoms with Gasteiger partial charge in [-0.15, -0.1) is 11.8 Å². The molecule has 0 aliphatic rings. The van der Waals surface area contributed by atoms with Crippen molar-refractivity contribution in [3.63, 3.8) is 0 Å². The molecule has 1 heterocycles. The van der Waals surface area contributed by atoms with Gasteiger partial charge in [-0.05, 0) is 44.0 Å². The van der Waals surface area contributed by atoms with Crippen molar-refractivity contribution in [1.82, 2.24) is 10.1 Å². The zero-order valence-corrected chi connectivity index (χ0v) is 12.0. The van der Waals surface area contributed by atoms with E-state index in [9.17, 15) is 0 Å². The molecule has 0 radical (unpaired) electrons. The van der Waals surface area contributed by atoms with Gasteiger partial charge in [-0.3, -0.25) is 0 Å². The van der Waals surface area contributed by atoms with Crippen LogP contribution in [0.15, 0.2) is 27.6 Å². The fraction of sp³-hybridized carbons (Fsp3) is 0.429. The molecule has 0 fully saturated rings. The van der Waals surface area contributed by atoms with Gasteiger partial charge in [0.1, 0.15) is 0 Å². The highest BCUT2D eigenvalue weighted by atomic mass is 32.2. The summed E-state index contributed by atoms with van der Waals surface area (Å²) in [5.74, 6) is 1.48. The first-order chi connectivity index (χ1) is 8.60. The minimum absolute atomic E-state index is 0.180. The molecule has 0 saturated heterocycles. The van der Waals surface area contributed by atoms with E-state index in [1.807, 2.05) is 6.92 Å². The van der Waals surface area contributed by atoms with Crippen molar-refractivity contribution in [1.29, 1.82) is 0 Å². The minimum atomic E-state index is 0.180. The Morgan fingerprint density at radius 1 is 1.28 bits per heavy atom. The van der Waals surface area contributed by atoms with Crippen LogP contribution in [0.5, 0.6) is 0 Å². The molecule has 2 aromatic rings. The van der Waals surface area contributed by atoms with Crippen molar-refractivity contribution >= 4 is 11.8 Å². The van der Waals surface area contributed by atoms with Gasteiger partial charge in [0, 0.05) is 11.3 Å². The summed E-state index contributed by atoms with van der Waals surface area (Å²) >= 11 is 1.75. The lowest BCUT2D eigenvalue weighted by atomic mass is 10.1. The second kappa shape index (κ2) is 5.57. The maximum Gasteiger partial charge on any atom is 0.239 e. The largest absolute Gasteiger partial charge is 0.338 e. The molecule has 1 atom stereocenters. The lowest BCUT2D eigenvalue weighted by Gasteiger charge is -2.08. The van der Waals surface area contributed by atoms with Crippen LogP contribution in [0.1, 0.15) is 41.9 Å². The van der Waals surface area contributed by atoms with E-state index in [-0.39, 0.29) is 5.25 Å². The summed E-state index contributed by atoms with van der Waals surface area (Å²) in [5, 5.41) is 4.11. The first-order valence-corrected chi connectivity index (χ1v) is 7.04. The summed E-state index contributed by atoms with van der Waals surface area (Å²) in [6, 6.07) is 6.49. The number of hydrogen-bond acceptors (Lipinski definition) is 4. The Labute approximate surface area is 112 Å². The molecular formula is C14H18N2OS. The third-order valence-corrected chi connectivity index (χ3v) is 4.02.